The molecule has 1 saturated heterocycles. The number of hydrogen-bond donors (Lipinski definition) is 3. The van der Waals surface area contributed by atoms with E-state index in [9.17, 15) is 9.59 Å². The number of fused-ring (bicyclic) bond motifs is 1. The first kappa shape index (κ1) is 21.4. The van der Waals surface area contributed by atoms with E-state index in [1.807, 2.05) is 0 Å². The van der Waals surface area contributed by atoms with Crippen molar-refractivity contribution in [3.8, 4) is 0 Å². The molecule has 0 aromatic carbocycles. The predicted molar refractivity (Wildman–Crippen MR) is 120 cm³/mol. The van der Waals surface area contributed by atoms with Crippen LogP contribution < -0.4 is 10.6 Å². The van der Waals surface area contributed by atoms with Gasteiger partial charge in [-0.15, -0.1) is 0 Å². The van der Waals surface area contributed by atoms with Gasteiger partial charge in [0.1, 0.15) is 11.6 Å². The van der Waals surface area contributed by atoms with Crippen LogP contribution in [0.15, 0.2) is 12.4 Å². The minimum absolute atomic E-state index is 0.0682. The normalized spacial score (nSPS) is 21.4. The van der Waals surface area contributed by atoms with Crippen LogP contribution in [0.5, 0.6) is 0 Å². The SMILES string of the molecule is O=C(N[C@@H](C(=O)NCC1CCOCC1)C1CCCCC1)c1c[nH]c2ncc(C3CC3)nc12. The van der Waals surface area contributed by atoms with E-state index < -0.39 is 6.04 Å². The molecule has 3 aliphatic rings. The van der Waals surface area contributed by atoms with Crippen LogP contribution in [-0.2, 0) is 9.53 Å². The number of rotatable bonds is 7. The molecule has 32 heavy (non-hydrogen) atoms. The zero-order chi connectivity index (χ0) is 21.9. The zero-order valence-corrected chi connectivity index (χ0v) is 18.6. The van der Waals surface area contributed by atoms with Crippen LogP contribution in [0.25, 0.3) is 11.2 Å². The third kappa shape index (κ3) is 4.80. The van der Waals surface area contributed by atoms with E-state index in [4.69, 9.17) is 9.72 Å². The Kier molecular flexibility index (Phi) is 6.39. The van der Waals surface area contributed by atoms with Gasteiger partial charge in [-0.3, -0.25) is 9.59 Å². The van der Waals surface area contributed by atoms with Crippen molar-refractivity contribution in [3.63, 3.8) is 0 Å². The van der Waals surface area contributed by atoms with Crippen LogP contribution in [0, 0.1) is 11.8 Å². The molecule has 0 radical (unpaired) electrons. The molecule has 3 fully saturated rings. The molecular formula is C24H33N5O3. The Morgan fingerprint density at radius 1 is 1.09 bits per heavy atom. The maximum Gasteiger partial charge on any atom is 0.255 e. The lowest BCUT2D eigenvalue weighted by Crippen LogP contribution is -2.52. The molecule has 3 heterocycles. The zero-order valence-electron chi connectivity index (χ0n) is 18.6. The Balaban J connectivity index is 1.31. The molecule has 2 aliphatic carbocycles. The first-order valence-corrected chi connectivity index (χ1v) is 12.2. The minimum Gasteiger partial charge on any atom is -0.381 e. The number of hydrogen-bond acceptors (Lipinski definition) is 5. The van der Waals surface area contributed by atoms with E-state index in [1.54, 1.807) is 12.4 Å². The number of carbonyl (C=O) groups excluding carboxylic acids is 2. The fraction of sp³-hybridized carbons (Fsp3) is 0.667. The number of carbonyl (C=O) groups is 2. The van der Waals surface area contributed by atoms with E-state index in [1.165, 1.54) is 6.42 Å². The Labute approximate surface area is 188 Å². The second-order valence-corrected chi connectivity index (χ2v) is 9.62. The van der Waals surface area contributed by atoms with Gasteiger partial charge in [-0.1, -0.05) is 19.3 Å². The average Bonchev–Trinajstić information content (AvgIpc) is 3.61. The number of nitrogens with zero attached hydrogens (tertiary/aromatic N) is 2. The molecule has 8 heteroatoms. The van der Waals surface area contributed by atoms with Crippen LogP contribution in [0.3, 0.4) is 0 Å². The van der Waals surface area contributed by atoms with Crippen LogP contribution in [0.4, 0.5) is 0 Å². The second-order valence-electron chi connectivity index (χ2n) is 9.62. The molecule has 2 aromatic rings. The largest absolute Gasteiger partial charge is 0.381 e. The molecule has 3 N–H and O–H groups in total. The molecular weight excluding hydrogens is 406 g/mol. The van der Waals surface area contributed by atoms with Gasteiger partial charge in [-0.2, -0.15) is 0 Å². The number of aromatic amines is 1. The van der Waals surface area contributed by atoms with Crippen molar-refractivity contribution in [3.05, 3.63) is 23.7 Å². The lowest BCUT2D eigenvalue weighted by Gasteiger charge is -2.31. The van der Waals surface area contributed by atoms with Crippen molar-refractivity contribution in [1.82, 2.24) is 25.6 Å². The summed E-state index contributed by atoms with van der Waals surface area (Å²) in [5.41, 5.74) is 2.62. The highest BCUT2D eigenvalue weighted by molar-refractivity contribution is 6.06. The van der Waals surface area contributed by atoms with Crippen LogP contribution >= 0.6 is 0 Å². The van der Waals surface area contributed by atoms with Gasteiger partial charge in [0.05, 0.1) is 17.5 Å². The third-order valence-electron chi connectivity index (χ3n) is 7.24. The van der Waals surface area contributed by atoms with Gasteiger partial charge in [-0.05, 0) is 50.4 Å². The highest BCUT2D eigenvalue weighted by Crippen LogP contribution is 2.39. The van der Waals surface area contributed by atoms with Gasteiger partial charge in [-0.25, -0.2) is 9.97 Å². The van der Waals surface area contributed by atoms with E-state index >= 15 is 0 Å². The van der Waals surface area contributed by atoms with E-state index in [0.717, 1.165) is 70.3 Å². The fourth-order valence-corrected chi connectivity index (χ4v) is 5.04. The smallest absolute Gasteiger partial charge is 0.255 e. The van der Waals surface area contributed by atoms with Crippen molar-refractivity contribution in [1.29, 1.82) is 0 Å². The third-order valence-corrected chi connectivity index (χ3v) is 7.24. The molecule has 2 aromatic heterocycles. The molecule has 172 valence electrons. The first-order chi connectivity index (χ1) is 15.7. The summed E-state index contributed by atoms with van der Waals surface area (Å²) in [6, 6.07) is -0.521. The Morgan fingerprint density at radius 2 is 1.88 bits per heavy atom. The lowest BCUT2D eigenvalue weighted by molar-refractivity contribution is -0.124. The monoisotopic (exact) mass is 439 g/mol. The van der Waals surface area contributed by atoms with Crippen molar-refractivity contribution >= 4 is 23.0 Å². The highest BCUT2D eigenvalue weighted by atomic mass is 16.5. The standard InChI is InChI=1S/C24H33N5O3/c30-23(18-13-25-22-21(18)28-19(14-26-22)16-6-7-16)29-20(17-4-2-1-3-5-17)24(31)27-12-15-8-10-32-11-9-15/h13-17,20H,1-12H2,(H,25,26)(H,27,31)(H,29,30)/t20-/m1/s1. The molecule has 2 saturated carbocycles. The van der Waals surface area contributed by atoms with E-state index in [0.29, 0.717) is 35.1 Å². The topological polar surface area (TPSA) is 109 Å². The van der Waals surface area contributed by atoms with Crippen LogP contribution in [0.1, 0.15) is 79.8 Å². The van der Waals surface area contributed by atoms with Crippen molar-refractivity contribution in [2.45, 2.75) is 69.7 Å². The van der Waals surface area contributed by atoms with E-state index in [2.05, 4.69) is 20.6 Å². The van der Waals surface area contributed by atoms with Crippen molar-refractivity contribution < 1.29 is 14.3 Å². The summed E-state index contributed by atoms with van der Waals surface area (Å²) in [4.78, 5) is 38.7. The number of H-pyrrole nitrogens is 1. The summed E-state index contributed by atoms with van der Waals surface area (Å²) in [6.45, 7) is 2.16. The fourth-order valence-electron chi connectivity index (χ4n) is 5.04. The summed E-state index contributed by atoms with van der Waals surface area (Å²) in [5.74, 6) is 0.751. The maximum absolute atomic E-state index is 13.3. The molecule has 0 unspecified atom stereocenters. The molecule has 1 aliphatic heterocycles. The Morgan fingerprint density at radius 3 is 2.62 bits per heavy atom. The Bertz CT molecular complexity index is 958. The number of aromatic nitrogens is 3. The van der Waals surface area contributed by atoms with Gasteiger partial charge in [0.2, 0.25) is 5.91 Å². The summed E-state index contributed by atoms with van der Waals surface area (Å²) in [6.07, 6.45) is 13.0. The molecule has 1 atom stereocenters. The van der Waals surface area contributed by atoms with E-state index in [-0.39, 0.29) is 17.7 Å². The summed E-state index contributed by atoms with van der Waals surface area (Å²) >= 11 is 0. The first-order valence-electron chi connectivity index (χ1n) is 12.2. The van der Waals surface area contributed by atoms with Crippen LogP contribution in [0.2, 0.25) is 0 Å². The highest BCUT2D eigenvalue weighted by Gasteiger charge is 2.33. The van der Waals surface area contributed by atoms with Gasteiger partial charge in [0.15, 0.2) is 5.65 Å². The van der Waals surface area contributed by atoms with Crippen molar-refractivity contribution in [2.75, 3.05) is 19.8 Å². The minimum atomic E-state index is -0.521. The number of amides is 2. The lowest BCUT2D eigenvalue weighted by atomic mass is 9.83. The Hall–Kier alpha value is -2.48. The molecule has 0 spiro atoms. The van der Waals surface area contributed by atoms with Gasteiger partial charge in [0, 0.05) is 31.9 Å². The second kappa shape index (κ2) is 9.57. The van der Waals surface area contributed by atoms with Gasteiger partial charge < -0.3 is 20.4 Å². The molecule has 5 rings (SSSR count). The van der Waals surface area contributed by atoms with Crippen LogP contribution in [-0.4, -0.2) is 52.6 Å². The summed E-state index contributed by atoms with van der Waals surface area (Å²) < 4.78 is 5.42. The summed E-state index contributed by atoms with van der Waals surface area (Å²) in [7, 11) is 0. The quantitative estimate of drug-likeness (QED) is 0.614. The number of nitrogens with one attached hydrogen (secondary N) is 3. The molecule has 0 bridgehead atoms. The predicted octanol–water partition coefficient (Wildman–Crippen LogP) is 3.06. The maximum atomic E-state index is 13.3. The van der Waals surface area contributed by atoms with Gasteiger partial charge >= 0.3 is 0 Å². The molecule has 2 amide bonds. The summed E-state index contributed by atoms with van der Waals surface area (Å²) in [5, 5.41) is 6.19. The number of ether oxygens (including phenoxy) is 1. The van der Waals surface area contributed by atoms with Gasteiger partial charge in [0.25, 0.3) is 5.91 Å². The average molecular weight is 440 g/mol. The van der Waals surface area contributed by atoms with Crippen molar-refractivity contribution in [2.24, 2.45) is 11.8 Å². The molecule has 8 nitrogen and oxygen atoms in total.